The van der Waals surface area contributed by atoms with Gasteiger partial charge in [-0.15, -0.1) is 10.2 Å². The Morgan fingerprint density at radius 1 is 1.36 bits per heavy atom. The van der Waals surface area contributed by atoms with Crippen molar-refractivity contribution in [1.82, 2.24) is 29.9 Å². The SMILES string of the molecule is CCCn1cnnc1[C@H](C)NC(=O)CCn1nc(C)cc1C. The number of nitrogens with one attached hydrogen (secondary N) is 1. The molecule has 2 aromatic heterocycles. The van der Waals surface area contributed by atoms with Crippen molar-refractivity contribution in [2.45, 2.75) is 59.7 Å². The average molecular weight is 304 g/mol. The zero-order valence-electron chi connectivity index (χ0n) is 13.7. The second-order valence-corrected chi connectivity index (χ2v) is 5.57. The third-order valence-electron chi connectivity index (χ3n) is 3.53. The van der Waals surface area contributed by atoms with Gasteiger partial charge in [0, 0.05) is 25.2 Å². The Balaban J connectivity index is 1.88. The summed E-state index contributed by atoms with van der Waals surface area (Å²) < 4.78 is 3.84. The highest BCUT2D eigenvalue weighted by Crippen LogP contribution is 2.10. The predicted octanol–water partition coefficient (Wildman–Crippen LogP) is 1.77. The number of nitrogens with zero attached hydrogens (tertiary/aromatic N) is 5. The maximum atomic E-state index is 12.1. The lowest BCUT2D eigenvalue weighted by molar-refractivity contribution is -0.122. The molecule has 0 saturated heterocycles. The summed E-state index contributed by atoms with van der Waals surface area (Å²) in [4.78, 5) is 12.1. The van der Waals surface area contributed by atoms with E-state index >= 15 is 0 Å². The van der Waals surface area contributed by atoms with Crippen molar-refractivity contribution in [3.63, 3.8) is 0 Å². The van der Waals surface area contributed by atoms with Gasteiger partial charge in [0.2, 0.25) is 5.91 Å². The fourth-order valence-corrected chi connectivity index (χ4v) is 2.50. The Bertz CT molecular complexity index is 630. The highest BCUT2D eigenvalue weighted by Gasteiger charge is 2.15. The van der Waals surface area contributed by atoms with Crippen LogP contribution in [0.25, 0.3) is 0 Å². The number of carbonyl (C=O) groups is 1. The lowest BCUT2D eigenvalue weighted by Gasteiger charge is -2.14. The first-order valence-electron chi connectivity index (χ1n) is 7.69. The van der Waals surface area contributed by atoms with E-state index in [1.165, 1.54) is 0 Å². The Morgan fingerprint density at radius 3 is 2.77 bits per heavy atom. The van der Waals surface area contributed by atoms with Gasteiger partial charge in [-0.25, -0.2) is 0 Å². The molecule has 0 fully saturated rings. The van der Waals surface area contributed by atoms with Crippen LogP contribution in [0.4, 0.5) is 0 Å². The van der Waals surface area contributed by atoms with Gasteiger partial charge in [0.25, 0.3) is 0 Å². The van der Waals surface area contributed by atoms with E-state index in [-0.39, 0.29) is 11.9 Å². The van der Waals surface area contributed by atoms with Crippen molar-refractivity contribution in [1.29, 1.82) is 0 Å². The lowest BCUT2D eigenvalue weighted by atomic mass is 10.2. The molecule has 0 aliphatic rings. The van der Waals surface area contributed by atoms with Gasteiger partial charge in [0.15, 0.2) is 5.82 Å². The summed E-state index contributed by atoms with van der Waals surface area (Å²) in [5.74, 6) is 0.785. The number of hydrogen-bond donors (Lipinski definition) is 1. The van der Waals surface area contributed by atoms with Crippen LogP contribution in [-0.4, -0.2) is 30.5 Å². The molecule has 1 N–H and O–H groups in total. The number of carbonyl (C=O) groups excluding carboxylic acids is 1. The van der Waals surface area contributed by atoms with Crippen molar-refractivity contribution >= 4 is 5.91 Å². The number of amides is 1. The standard InChI is InChI=1S/C15H24N6O/c1-5-7-20-10-16-18-15(20)13(4)17-14(22)6-8-21-12(3)9-11(2)19-21/h9-10,13H,5-8H2,1-4H3,(H,17,22)/t13-/m0/s1. The molecule has 7 heteroatoms. The van der Waals surface area contributed by atoms with Gasteiger partial charge >= 0.3 is 0 Å². The topological polar surface area (TPSA) is 77.6 Å². The first-order valence-corrected chi connectivity index (χ1v) is 7.69. The number of aryl methyl sites for hydroxylation is 4. The van der Waals surface area contributed by atoms with Crippen molar-refractivity contribution < 1.29 is 4.79 Å². The fourth-order valence-electron chi connectivity index (χ4n) is 2.50. The lowest BCUT2D eigenvalue weighted by Crippen LogP contribution is -2.29. The minimum atomic E-state index is -0.151. The molecule has 0 aromatic carbocycles. The van der Waals surface area contributed by atoms with Crippen LogP contribution in [-0.2, 0) is 17.9 Å². The van der Waals surface area contributed by atoms with Crippen molar-refractivity contribution in [2.24, 2.45) is 0 Å². The fraction of sp³-hybridized carbons (Fsp3) is 0.600. The predicted molar refractivity (Wildman–Crippen MR) is 83.2 cm³/mol. The molecule has 1 atom stereocenters. The van der Waals surface area contributed by atoms with Crippen LogP contribution in [0, 0.1) is 13.8 Å². The third-order valence-corrected chi connectivity index (χ3v) is 3.53. The normalized spacial score (nSPS) is 12.4. The van der Waals surface area contributed by atoms with Crippen molar-refractivity contribution in [3.8, 4) is 0 Å². The van der Waals surface area contributed by atoms with Crippen molar-refractivity contribution in [2.75, 3.05) is 0 Å². The summed E-state index contributed by atoms with van der Waals surface area (Å²) in [6, 6.07) is 1.86. The Labute approximate surface area is 130 Å². The molecule has 0 aliphatic carbocycles. The van der Waals surface area contributed by atoms with E-state index in [1.54, 1.807) is 6.33 Å². The van der Waals surface area contributed by atoms with Crippen LogP contribution < -0.4 is 5.32 Å². The second kappa shape index (κ2) is 7.20. The van der Waals surface area contributed by atoms with Gasteiger partial charge in [0.05, 0.1) is 11.7 Å². The minimum Gasteiger partial charge on any atom is -0.346 e. The molecule has 0 saturated carbocycles. The number of aromatic nitrogens is 5. The third kappa shape index (κ3) is 3.93. The Kier molecular flexibility index (Phi) is 5.30. The molecule has 2 heterocycles. The summed E-state index contributed by atoms with van der Waals surface area (Å²) in [6.07, 6.45) is 3.11. The molecule has 2 rings (SSSR count). The van der Waals surface area contributed by atoms with Crippen LogP contribution in [0.5, 0.6) is 0 Å². The molecule has 22 heavy (non-hydrogen) atoms. The molecule has 0 unspecified atom stereocenters. The van der Waals surface area contributed by atoms with Crippen molar-refractivity contribution in [3.05, 3.63) is 29.6 Å². The Hall–Kier alpha value is -2.18. The van der Waals surface area contributed by atoms with Gasteiger partial charge in [-0.2, -0.15) is 5.10 Å². The van der Waals surface area contributed by atoms with E-state index in [1.807, 2.05) is 36.1 Å². The van der Waals surface area contributed by atoms with Crippen LogP contribution in [0.15, 0.2) is 12.4 Å². The summed E-state index contributed by atoms with van der Waals surface area (Å²) in [6.45, 7) is 9.41. The van der Waals surface area contributed by atoms with Crippen LogP contribution in [0.3, 0.4) is 0 Å². The largest absolute Gasteiger partial charge is 0.346 e. The molecule has 0 aliphatic heterocycles. The molecule has 7 nitrogen and oxygen atoms in total. The zero-order chi connectivity index (χ0) is 16.1. The van der Waals surface area contributed by atoms with Gasteiger partial charge in [0.1, 0.15) is 6.33 Å². The molecule has 0 radical (unpaired) electrons. The molecular weight excluding hydrogens is 280 g/mol. The molecular formula is C15H24N6O. The monoisotopic (exact) mass is 304 g/mol. The highest BCUT2D eigenvalue weighted by molar-refractivity contribution is 5.76. The average Bonchev–Trinajstić information content (AvgIpc) is 3.03. The van der Waals surface area contributed by atoms with E-state index in [4.69, 9.17) is 0 Å². The first kappa shape index (κ1) is 16.2. The second-order valence-electron chi connectivity index (χ2n) is 5.57. The van der Waals surface area contributed by atoms with E-state index in [2.05, 4.69) is 27.5 Å². The maximum Gasteiger partial charge on any atom is 0.222 e. The van der Waals surface area contributed by atoms with Gasteiger partial charge < -0.3 is 9.88 Å². The number of rotatable bonds is 7. The van der Waals surface area contributed by atoms with Crippen LogP contribution in [0.2, 0.25) is 0 Å². The zero-order valence-corrected chi connectivity index (χ0v) is 13.7. The van der Waals surface area contributed by atoms with Gasteiger partial charge in [-0.05, 0) is 33.3 Å². The minimum absolute atomic E-state index is 0.00824. The summed E-state index contributed by atoms with van der Waals surface area (Å²) >= 11 is 0. The Morgan fingerprint density at radius 2 is 2.14 bits per heavy atom. The maximum absolute atomic E-state index is 12.1. The van der Waals surface area contributed by atoms with Gasteiger partial charge in [-0.1, -0.05) is 6.92 Å². The van der Waals surface area contributed by atoms with E-state index in [0.29, 0.717) is 13.0 Å². The molecule has 120 valence electrons. The van der Waals surface area contributed by atoms with E-state index < -0.39 is 0 Å². The highest BCUT2D eigenvalue weighted by atomic mass is 16.1. The smallest absolute Gasteiger partial charge is 0.222 e. The number of hydrogen-bond acceptors (Lipinski definition) is 4. The molecule has 0 bridgehead atoms. The summed E-state index contributed by atoms with van der Waals surface area (Å²) in [7, 11) is 0. The summed E-state index contributed by atoms with van der Waals surface area (Å²) in [5.41, 5.74) is 2.04. The van der Waals surface area contributed by atoms with E-state index in [9.17, 15) is 4.79 Å². The quantitative estimate of drug-likeness (QED) is 0.845. The summed E-state index contributed by atoms with van der Waals surface area (Å²) in [5, 5.41) is 15.4. The molecule has 0 spiro atoms. The first-order chi connectivity index (χ1) is 10.5. The van der Waals surface area contributed by atoms with E-state index in [0.717, 1.165) is 30.2 Å². The van der Waals surface area contributed by atoms with Crippen LogP contribution >= 0.6 is 0 Å². The van der Waals surface area contributed by atoms with Crippen LogP contribution in [0.1, 0.15) is 49.9 Å². The van der Waals surface area contributed by atoms with Gasteiger partial charge in [-0.3, -0.25) is 9.48 Å². The molecule has 1 amide bonds. The molecule has 2 aromatic rings.